The molecular formula is C18H14F3NO2. The van der Waals surface area contributed by atoms with E-state index in [4.69, 9.17) is 4.74 Å². The number of nitrogens with zero attached hydrogens (tertiary/aromatic N) is 1. The Morgan fingerprint density at radius 3 is 2.25 bits per heavy atom. The maximum Gasteiger partial charge on any atom is 0.416 e. The van der Waals surface area contributed by atoms with Gasteiger partial charge in [-0.3, -0.25) is 0 Å². The van der Waals surface area contributed by atoms with Crippen molar-refractivity contribution in [2.75, 3.05) is 7.11 Å². The molecule has 0 saturated heterocycles. The first kappa shape index (κ1) is 16.1. The Balaban J connectivity index is 2.26. The minimum atomic E-state index is -4.40. The fourth-order valence-electron chi connectivity index (χ4n) is 2.86. The van der Waals surface area contributed by atoms with E-state index in [-0.39, 0.29) is 0 Å². The molecule has 3 nitrogen and oxygen atoms in total. The van der Waals surface area contributed by atoms with Crippen LogP contribution in [-0.4, -0.2) is 17.6 Å². The number of aromatic nitrogens is 1. The number of benzene rings is 2. The topological polar surface area (TPSA) is 31.2 Å². The zero-order valence-electron chi connectivity index (χ0n) is 13.0. The summed E-state index contributed by atoms with van der Waals surface area (Å²) in [5, 5.41) is 0.696. The smallest absolute Gasteiger partial charge is 0.416 e. The summed E-state index contributed by atoms with van der Waals surface area (Å²) in [6, 6.07) is 12.0. The van der Waals surface area contributed by atoms with Crippen molar-refractivity contribution in [1.29, 1.82) is 0 Å². The minimum Gasteiger partial charge on any atom is -0.465 e. The molecule has 0 unspecified atom stereocenters. The summed E-state index contributed by atoms with van der Waals surface area (Å²) < 4.78 is 44.9. The molecule has 0 saturated carbocycles. The zero-order valence-corrected chi connectivity index (χ0v) is 13.0. The van der Waals surface area contributed by atoms with Gasteiger partial charge in [-0.25, -0.2) is 4.79 Å². The van der Waals surface area contributed by atoms with Crippen LogP contribution in [0.2, 0.25) is 0 Å². The molecule has 0 aliphatic heterocycles. The average molecular weight is 333 g/mol. The van der Waals surface area contributed by atoms with Crippen molar-refractivity contribution in [3.63, 3.8) is 0 Å². The van der Waals surface area contributed by atoms with Crippen LogP contribution in [0.25, 0.3) is 22.2 Å². The number of esters is 1. The Bertz CT molecular complexity index is 908. The van der Waals surface area contributed by atoms with E-state index < -0.39 is 17.7 Å². The van der Waals surface area contributed by atoms with Crippen LogP contribution in [0.1, 0.15) is 15.9 Å². The standard InChI is InChI=1S/C18H14F3NO2/c1-22-14-6-4-3-5-13(14)15(17(23)24-2)16(22)11-7-9-12(10-8-11)18(19,20)21/h3-10H,1-2H3. The number of carbonyl (C=O) groups excluding carboxylic acids is 1. The van der Waals surface area contributed by atoms with Gasteiger partial charge in [0.1, 0.15) is 0 Å². The van der Waals surface area contributed by atoms with E-state index in [1.165, 1.54) is 19.2 Å². The molecule has 1 heterocycles. The van der Waals surface area contributed by atoms with Crippen molar-refractivity contribution in [2.24, 2.45) is 7.05 Å². The Kier molecular flexibility index (Phi) is 3.83. The largest absolute Gasteiger partial charge is 0.465 e. The van der Waals surface area contributed by atoms with E-state index in [0.29, 0.717) is 22.2 Å². The molecular weight excluding hydrogens is 319 g/mol. The third-order valence-corrected chi connectivity index (χ3v) is 3.98. The molecule has 6 heteroatoms. The van der Waals surface area contributed by atoms with Crippen molar-refractivity contribution in [3.05, 3.63) is 59.7 Å². The average Bonchev–Trinajstić information content (AvgIpc) is 2.87. The molecule has 2 aromatic carbocycles. The predicted octanol–water partition coefficient (Wildman–Crippen LogP) is 4.65. The number of carbonyl (C=O) groups is 1. The van der Waals surface area contributed by atoms with Gasteiger partial charge < -0.3 is 9.30 Å². The SMILES string of the molecule is COC(=O)c1c(-c2ccc(C(F)(F)F)cc2)n(C)c2ccccc12. The number of ether oxygens (including phenoxy) is 1. The fraction of sp³-hybridized carbons (Fsp3) is 0.167. The molecule has 0 fully saturated rings. The number of hydrogen-bond donors (Lipinski definition) is 0. The quantitative estimate of drug-likeness (QED) is 0.639. The van der Waals surface area contributed by atoms with E-state index >= 15 is 0 Å². The minimum absolute atomic E-state index is 0.343. The molecule has 24 heavy (non-hydrogen) atoms. The van der Waals surface area contributed by atoms with Crippen LogP contribution in [0.3, 0.4) is 0 Å². The Labute approximate surface area is 136 Å². The molecule has 0 bridgehead atoms. The number of methoxy groups -OCH3 is 1. The number of rotatable bonds is 2. The van der Waals surface area contributed by atoms with Crippen molar-refractivity contribution < 1.29 is 22.7 Å². The second kappa shape index (κ2) is 5.70. The van der Waals surface area contributed by atoms with Gasteiger partial charge >= 0.3 is 12.1 Å². The van der Waals surface area contributed by atoms with Crippen LogP contribution in [0.4, 0.5) is 13.2 Å². The van der Waals surface area contributed by atoms with E-state index in [2.05, 4.69) is 0 Å². The molecule has 0 atom stereocenters. The van der Waals surface area contributed by atoms with Gasteiger partial charge in [0.2, 0.25) is 0 Å². The van der Waals surface area contributed by atoms with Crippen molar-refractivity contribution in [1.82, 2.24) is 4.57 Å². The van der Waals surface area contributed by atoms with Crippen LogP contribution in [-0.2, 0) is 18.0 Å². The number of aryl methyl sites for hydroxylation is 1. The molecule has 0 aliphatic rings. The number of fused-ring (bicyclic) bond motifs is 1. The number of halogens is 3. The third kappa shape index (κ3) is 2.54. The van der Waals surface area contributed by atoms with Gasteiger partial charge in [-0.1, -0.05) is 30.3 Å². The predicted molar refractivity (Wildman–Crippen MR) is 84.7 cm³/mol. The highest BCUT2D eigenvalue weighted by Gasteiger charge is 2.30. The summed E-state index contributed by atoms with van der Waals surface area (Å²) in [7, 11) is 3.04. The van der Waals surface area contributed by atoms with Crippen molar-refractivity contribution in [2.45, 2.75) is 6.18 Å². The molecule has 0 spiro atoms. The lowest BCUT2D eigenvalue weighted by Gasteiger charge is -2.10. The number of hydrogen-bond acceptors (Lipinski definition) is 2. The monoisotopic (exact) mass is 333 g/mol. The highest BCUT2D eigenvalue weighted by Crippen LogP contribution is 2.35. The first-order valence-corrected chi connectivity index (χ1v) is 7.18. The number of para-hydroxylation sites is 1. The summed E-state index contributed by atoms with van der Waals surface area (Å²) in [5.41, 5.74) is 1.45. The molecule has 0 radical (unpaired) electrons. The van der Waals surface area contributed by atoms with Gasteiger partial charge in [0.25, 0.3) is 0 Å². The summed E-state index contributed by atoms with van der Waals surface area (Å²) in [4.78, 5) is 12.2. The van der Waals surface area contributed by atoms with E-state index in [9.17, 15) is 18.0 Å². The maximum atomic E-state index is 12.8. The molecule has 1 aromatic heterocycles. The van der Waals surface area contributed by atoms with Crippen molar-refractivity contribution in [3.8, 4) is 11.3 Å². The van der Waals surface area contributed by atoms with Crippen molar-refractivity contribution >= 4 is 16.9 Å². The highest BCUT2D eigenvalue weighted by molar-refractivity contribution is 6.10. The molecule has 0 amide bonds. The molecule has 124 valence electrons. The van der Waals surface area contributed by atoms with Crippen LogP contribution in [0.5, 0.6) is 0 Å². The molecule has 0 N–H and O–H groups in total. The van der Waals surface area contributed by atoms with E-state index in [1.807, 2.05) is 12.1 Å². The maximum absolute atomic E-state index is 12.8. The molecule has 0 aliphatic carbocycles. The van der Waals surface area contributed by atoms with E-state index in [1.54, 1.807) is 23.7 Å². The normalized spacial score (nSPS) is 11.7. The Hall–Kier alpha value is -2.76. The van der Waals surface area contributed by atoms with Crippen LogP contribution in [0.15, 0.2) is 48.5 Å². The zero-order chi connectivity index (χ0) is 17.5. The second-order valence-corrected chi connectivity index (χ2v) is 5.37. The van der Waals surface area contributed by atoms with Gasteiger partial charge in [-0.15, -0.1) is 0 Å². The lowest BCUT2D eigenvalue weighted by molar-refractivity contribution is -0.137. The van der Waals surface area contributed by atoms with Gasteiger partial charge in [-0.2, -0.15) is 13.2 Å². The first-order valence-electron chi connectivity index (χ1n) is 7.18. The Morgan fingerprint density at radius 1 is 1.04 bits per heavy atom. The van der Waals surface area contributed by atoms with Gasteiger partial charge in [-0.05, 0) is 23.8 Å². The van der Waals surface area contributed by atoms with Crippen LogP contribution in [0, 0.1) is 0 Å². The summed E-state index contributed by atoms with van der Waals surface area (Å²) in [6.45, 7) is 0. The van der Waals surface area contributed by atoms with Gasteiger partial charge in [0.05, 0.1) is 23.9 Å². The Morgan fingerprint density at radius 2 is 1.67 bits per heavy atom. The second-order valence-electron chi connectivity index (χ2n) is 5.37. The summed E-state index contributed by atoms with van der Waals surface area (Å²) in [6.07, 6.45) is -4.40. The van der Waals surface area contributed by atoms with Crippen LogP contribution >= 0.6 is 0 Å². The highest BCUT2D eigenvalue weighted by atomic mass is 19.4. The van der Waals surface area contributed by atoms with E-state index in [0.717, 1.165) is 17.6 Å². The van der Waals surface area contributed by atoms with Gasteiger partial charge in [0, 0.05) is 18.0 Å². The van der Waals surface area contributed by atoms with Gasteiger partial charge in [0.15, 0.2) is 0 Å². The lowest BCUT2D eigenvalue weighted by atomic mass is 10.0. The fourth-order valence-corrected chi connectivity index (χ4v) is 2.86. The first-order chi connectivity index (χ1) is 11.3. The van der Waals surface area contributed by atoms with Crippen LogP contribution < -0.4 is 0 Å². The summed E-state index contributed by atoms with van der Waals surface area (Å²) in [5.74, 6) is -0.526. The summed E-state index contributed by atoms with van der Waals surface area (Å²) >= 11 is 0. The number of alkyl halides is 3. The molecule has 3 aromatic rings. The third-order valence-electron chi connectivity index (χ3n) is 3.98. The lowest BCUT2D eigenvalue weighted by Crippen LogP contribution is -2.06. The molecule has 3 rings (SSSR count).